The van der Waals surface area contributed by atoms with Crippen LogP contribution in [0.25, 0.3) is 0 Å². The highest BCUT2D eigenvalue weighted by atomic mass is 16.5. The first kappa shape index (κ1) is 11.1. The topological polar surface area (TPSA) is 38.3 Å². The first-order chi connectivity index (χ1) is 7.74. The molecule has 86 valence electrons. The molecule has 0 saturated heterocycles. The van der Waals surface area contributed by atoms with Gasteiger partial charge in [-0.3, -0.25) is 0 Å². The first-order valence-corrected chi connectivity index (χ1v) is 5.62. The maximum Gasteiger partial charge on any atom is 0.337 e. The van der Waals surface area contributed by atoms with Crippen LogP contribution in [-0.2, 0) is 17.6 Å². The first-order valence-electron chi connectivity index (χ1n) is 5.62. The summed E-state index contributed by atoms with van der Waals surface area (Å²) >= 11 is 0. The van der Waals surface area contributed by atoms with Gasteiger partial charge in [0.15, 0.2) is 0 Å². The minimum atomic E-state index is -0.255. The Balaban J connectivity index is 2.27. The molecule has 1 atom stereocenters. The minimum absolute atomic E-state index is 0.255. The number of aryl methyl sites for hydroxylation is 1. The van der Waals surface area contributed by atoms with Crippen molar-refractivity contribution in [2.75, 3.05) is 14.2 Å². The van der Waals surface area contributed by atoms with Crippen molar-refractivity contribution in [2.24, 2.45) is 0 Å². The van der Waals surface area contributed by atoms with Crippen LogP contribution in [-0.4, -0.2) is 26.2 Å². The van der Waals surface area contributed by atoms with Crippen LogP contribution in [0.15, 0.2) is 18.2 Å². The van der Waals surface area contributed by atoms with Crippen molar-refractivity contribution in [1.82, 2.24) is 5.32 Å². The largest absolute Gasteiger partial charge is 0.465 e. The highest BCUT2D eigenvalue weighted by Crippen LogP contribution is 2.22. The van der Waals surface area contributed by atoms with Gasteiger partial charge in [-0.1, -0.05) is 6.07 Å². The second kappa shape index (κ2) is 4.66. The molecule has 0 radical (unpaired) electrons. The van der Waals surface area contributed by atoms with Crippen LogP contribution in [0.4, 0.5) is 0 Å². The zero-order chi connectivity index (χ0) is 11.5. The zero-order valence-corrected chi connectivity index (χ0v) is 9.75. The van der Waals surface area contributed by atoms with Gasteiger partial charge in [0.05, 0.1) is 12.7 Å². The van der Waals surface area contributed by atoms with Crippen LogP contribution in [0, 0.1) is 0 Å². The van der Waals surface area contributed by atoms with Gasteiger partial charge >= 0.3 is 5.97 Å². The molecule has 16 heavy (non-hydrogen) atoms. The molecule has 0 heterocycles. The molecular weight excluding hydrogens is 202 g/mol. The lowest BCUT2D eigenvalue weighted by molar-refractivity contribution is 0.0600. The molecule has 1 aromatic rings. The molecule has 0 aliphatic heterocycles. The number of benzene rings is 1. The van der Waals surface area contributed by atoms with Gasteiger partial charge in [0.25, 0.3) is 0 Å². The van der Waals surface area contributed by atoms with Crippen molar-refractivity contribution in [3.63, 3.8) is 0 Å². The van der Waals surface area contributed by atoms with E-state index in [0.29, 0.717) is 11.6 Å². The smallest absolute Gasteiger partial charge is 0.337 e. The summed E-state index contributed by atoms with van der Waals surface area (Å²) in [5, 5.41) is 3.29. The molecule has 1 unspecified atom stereocenters. The number of hydrogen-bond acceptors (Lipinski definition) is 3. The Morgan fingerprint density at radius 3 is 2.94 bits per heavy atom. The molecule has 0 amide bonds. The number of likely N-dealkylation sites (N-methyl/N-ethyl adjacent to an activating group) is 1. The maximum atomic E-state index is 11.4. The predicted molar refractivity (Wildman–Crippen MR) is 62.7 cm³/mol. The van der Waals surface area contributed by atoms with E-state index < -0.39 is 0 Å². The SMILES string of the molecule is CNC1CCc2ccc(C(=O)OC)cc2C1. The van der Waals surface area contributed by atoms with Crippen LogP contribution in [0.1, 0.15) is 27.9 Å². The average molecular weight is 219 g/mol. The molecule has 1 aromatic carbocycles. The lowest BCUT2D eigenvalue weighted by atomic mass is 9.87. The van der Waals surface area contributed by atoms with Crippen LogP contribution >= 0.6 is 0 Å². The number of hydrogen-bond donors (Lipinski definition) is 1. The van der Waals surface area contributed by atoms with E-state index in [1.54, 1.807) is 0 Å². The summed E-state index contributed by atoms with van der Waals surface area (Å²) in [7, 11) is 3.40. The summed E-state index contributed by atoms with van der Waals surface area (Å²) in [5.74, 6) is -0.255. The lowest BCUT2D eigenvalue weighted by Gasteiger charge is -2.24. The maximum absolute atomic E-state index is 11.4. The van der Waals surface area contributed by atoms with Gasteiger partial charge in [0, 0.05) is 6.04 Å². The predicted octanol–water partition coefficient (Wildman–Crippen LogP) is 1.55. The third kappa shape index (κ3) is 2.09. The van der Waals surface area contributed by atoms with E-state index in [0.717, 1.165) is 12.8 Å². The molecule has 3 nitrogen and oxygen atoms in total. The Hall–Kier alpha value is -1.35. The normalized spacial score (nSPS) is 19.0. The van der Waals surface area contributed by atoms with Crippen molar-refractivity contribution in [1.29, 1.82) is 0 Å². The molecule has 0 saturated carbocycles. The fraction of sp³-hybridized carbons (Fsp3) is 0.462. The van der Waals surface area contributed by atoms with Crippen molar-refractivity contribution < 1.29 is 9.53 Å². The molecule has 3 heteroatoms. The summed E-state index contributed by atoms with van der Waals surface area (Å²) in [6.45, 7) is 0. The van der Waals surface area contributed by atoms with E-state index in [-0.39, 0.29) is 5.97 Å². The Bertz CT molecular complexity index is 401. The van der Waals surface area contributed by atoms with Gasteiger partial charge in [-0.15, -0.1) is 0 Å². The van der Waals surface area contributed by atoms with E-state index >= 15 is 0 Å². The highest BCUT2D eigenvalue weighted by Gasteiger charge is 2.18. The molecule has 0 bridgehead atoms. The van der Waals surface area contributed by atoms with Crippen LogP contribution in [0.3, 0.4) is 0 Å². The molecule has 0 aromatic heterocycles. The highest BCUT2D eigenvalue weighted by molar-refractivity contribution is 5.89. The fourth-order valence-corrected chi connectivity index (χ4v) is 2.25. The molecule has 0 spiro atoms. The lowest BCUT2D eigenvalue weighted by Crippen LogP contribution is -2.31. The van der Waals surface area contributed by atoms with Gasteiger partial charge in [0.1, 0.15) is 0 Å². The summed E-state index contributed by atoms with van der Waals surface area (Å²) < 4.78 is 4.73. The van der Waals surface area contributed by atoms with Crippen molar-refractivity contribution in [3.05, 3.63) is 34.9 Å². The third-order valence-electron chi connectivity index (χ3n) is 3.26. The van der Waals surface area contributed by atoms with Gasteiger partial charge < -0.3 is 10.1 Å². The van der Waals surface area contributed by atoms with E-state index in [1.807, 2.05) is 25.2 Å². The minimum Gasteiger partial charge on any atom is -0.465 e. The fourth-order valence-electron chi connectivity index (χ4n) is 2.25. The number of nitrogens with one attached hydrogen (secondary N) is 1. The van der Waals surface area contributed by atoms with Crippen LogP contribution in [0.5, 0.6) is 0 Å². The number of methoxy groups -OCH3 is 1. The number of ether oxygens (including phenoxy) is 1. The summed E-state index contributed by atoms with van der Waals surface area (Å²) in [6.07, 6.45) is 3.25. The van der Waals surface area contributed by atoms with Crippen LogP contribution < -0.4 is 5.32 Å². The third-order valence-corrected chi connectivity index (χ3v) is 3.26. The summed E-state index contributed by atoms with van der Waals surface area (Å²) in [5.41, 5.74) is 3.28. The molecular formula is C13H17NO2. The Morgan fingerprint density at radius 2 is 2.25 bits per heavy atom. The number of rotatable bonds is 2. The van der Waals surface area contributed by atoms with E-state index in [2.05, 4.69) is 5.32 Å². The van der Waals surface area contributed by atoms with Gasteiger partial charge in [0.2, 0.25) is 0 Å². The Labute approximate surface area is 95.8 Å². The molecule has 2 rings (SSSR count). The van der Waals surface area contributed by atoms with Crippen LogP contribution in [0.2, 0.25) is 0 Å². The number of fused-ring (bicyclic) bond motifs is 1. The summed E-state index contributed by atoms with van der Waals surface area (Å²) in [6, 6.07) is 6.39. The van der Waals surface area contributed by atoms with Gasteiger partial charge in [-0.2, -0.15) is 0 Å². The second-order valence-corrected chi connectivity index (χ2v) is 4.20. The van der Waals surface area contributed by atoms with Gasteiger partial charge in [-0.05, 0) is 49.6 Å². The van der Waals surface area contributed by atoms with Crippen molar-refractivity contribution >= 4 is 5.97 Å². The van der Waals surface area contributed by atoms with E-state index in [9.17, 15) is 4.79 Å². The zero-order valence-electron chi connectivity index (χ0n) is 9.75. The Kier molecular flexibility index (Phi) is 3.25. The van der Waals surface area contributed by atoms with E-state index in [4.69, 9.17) is 4.74 Å². The number of carbonyl (C=O) groups is 1. The number of esters is 1. The monoisotopic (exact) mass is 219 g/mol. The number of carbonyl (C=O) groups excluding carboxylic acids is 1. The molecule has 1 N–H and O–H groups in total. The standard InChI is InChI=1S/C13H17NO2/c1-14-12-6-5-9-3-4-10(13(15)16-2)7-11(9)8-12/h3-4,7,12,14H,5-6,8H2,1-2H3. The van der Waals surface area contributed by atoms with E-state index in [1.165, 1.54) is 24.7 Å². The van der Waals surface area contributed by atoms with Crippen molar-refractivity contribution in [3.8, 4) is 0 Å². The molecule has 1 aliphatic carbocycles. The second-order valence-electron chi connectivity index (χ2n) is 4.20. The quantitative estimate of drug-likeness (QED) is 0.767. The summed E-state index contributed by atoms with van der Waals surface area (Å²) in [4.78, 5) is 11.4. The average Bonchev–Trinajstić information content (AvgIpc) is 2.36. The van der Waals surface area contributed by atoms with Crippen molar-refractivity contribution in [2.45, 2.75) is 25.3 Å². The molecule has 1 aliphatic rings. The molecule has 0 fully saturated rings. The van der Waals surface area contributed by atoms with Gasteiger partial charge in [-0.25, -0.2) is 4.79 Å². The Morgan fingerprint density at radius 1 is 1.44 bits per heavy atom.